The van der Waals surface area contributed by atoms with Crippen molar-refractivity contribution >= 4 is 28.2 Å². The topological polar surface area (TPSA) is 63.0 Å². The molecular formula is C24H25N5O2. The van der Waals surface area contributed by atoms with Crippen molar-refractivity contribution in [3.05, 3.63) is 72.3 Å². The van der Waals surface area contributed by atoms with Gasteiger partial charge in [-0.05, 0) is 25.1 Å². The summed E-state index contributed by atoms with van der Waals surface area (Å²) in [5.74, 6) is -0.317. The van der Waals surface area contributed by atoms with Gasteiger partial charge in [0.15, 0.2) is 0 Å². The molecule has 4 aromatic rings. The molecule has 158 valence electrons. The predicted octanol–water partition coefficient (Wildman–Crippen LogP) is 3.38. The minimum Gasteiger partial charge on any atom is -0.462 e. The van der Waals surface area contributed by atoms with Gasteiger partial charge >= 0.3 is 5.97 Å². The van der Waals surface area contributed by atoms with Crippen molar-refractivity contribution in [2.75, 3.05) is 37.7 Å². The van der Waals surface area contributed by atoms with E-state index in [1.165, 1.54) is 0 Å². The van der Waals surface area contributed by atoms with E-state index in [1.54, 1.807) is 6.20 Å². The average Bonchev–Trinajstić information content (AvgIpc) is 3.21. The Morgan fingerprint density at radius 2 is 1.87 bits per heavy atom. The second-order valence-corrected chi connectivity index (χ2v) is 7.72. The molecule has 0 spiro atoms. The number of imidazole rings is 1. The van der Waals surface area contributed by atoms with Crippen LogP contribution in [0.3, 0.4) is 0 Å². The Kier molecular flexibility index (Phi) is 5.26. The van der Waals surface area contributed by atoms with Gasteiger partial charge in [-0.3, -0.25) is 9.88 Å². The van der Waals surface area contributed by atoms with Crippen LogP contribution in [0.2, 0.25) is 0 Å². The van der Waals surface area contributed by atoms with E-state index in [1.807, 2.05) is 55.6 Å². The molecule has 5 rings (SSSR count). The summed E-state index contributed by atoms with van der Waals surface area (Å²) in [4.78, 5) is 26.5. The molecule has 0 radical (unpaired) electrons. The summed E-state index contributed by atoms with van der Waals surface area (Å²) < 4.78 is 7.37. The van der Waals surface area contributed by atoms with Crippen LogP contribution in [0, 0.1) is 0 Å². The summed E-state index contributed by atoms with van der Waals surface area (Å²) in [5.41, 5.74) is 4.39. The number of nitrogens with zero attached hydrogens (tertiary/aromatic N) is 5. The van der Waals surface area contributed by atoms with Gasteiger partial charge in [0, 0.05) is 56.7 Å². The number of esters is 1. The molecule has 0 saturated carbocycles. The number of carbonyl (C=O) groups excluding carboxylic acids is 1. The van der Waals surface area contributed by atoms with E-state index in [4.69, 9.17) is 9.72 Å². The third kappa shape index (κ3) is 3.84. The summed E-state index contributed by atoms with van der Waals surface area (Å²) in [6.07, 6.45) is 5.77. The highest BCUT2D eigenvalue weighted by Gasteiger charge is 2.25. The lowest BCUT2D eigenvalue weighted by Gasteiger charge is -2.37. The van der Waals surface area contributed by atoms with Gasteiger partial charge in [-0.1, -0.05) is 24.3 Å². The molecule has 0 atom stereocenters. The number of pyridine rings is 2. The summed E-state index contributed by atoms with van der Waals surface area (Å²) >= 11 is 0. The van der Waals surface area contributed by atoms with E-state index in [9.17, 15) is 4.79 Å². The van der Waals surface area contributed by atoms with Gasteiger partial charge in [0.25, 0.3) is 0 Å². The first-order valence-corrected chi connectivity index (χ1v) is 10.7. The molecule has 0 amide bonds. The normalized spacial score (nSPS) is 14.9. The maximum absolute atomic E-state index is 12.6. The molecule has 7 nitrogen and oxygen atoms in total. The Bertz CT molecular complexity index is 1190. The average molecular weight is 415 g/mol. The molecule has 1 aromatic carbocycles. The molecule has 0 unspecified atom stereocenters. The summed E-state index contributed by atoms with van der Waals surface area (Å²) in [6, 6.07) is 14.0. The SMILES string of the molecule is CCOC(=O)c1cnc2ccccc2c1N1CCN(Cc2cn3ccccc3n2)CC1. The van der Waals surface area contributed by atoms with Crippen molar-refractivity contribution in [1.29, 1.82) is 0 Å². The van der Waals surface area contributed by atoms with Crippen LogP contribution in [-0.2, 0) is 11.3 Å². The summed E-state index contributed by atoms with van der Waals surface area (Å²) in [6.45, 7) is 6.43. The molecule has 7 heteroatoms. The number of benzene rings is 1. The highest BCUT2D eigenvalue weighted by Crippen LogP contribution is 2.31. The van der Waals surface area contributed by atoms with E-state index in [-0.39, 0.29) is 5.97 Å². The first kappa shape index (κ1) is 19.5. The molecule has 0 aliphatic carbocycles. The Labute approximate surface area is 180 Å². The quantitative estimate of drug-likeness (QED) is 0.466. The lowest BCUT2D eigenvalue weighted by Crippen LogP contribution is -2.46. The van der Waals surface area contributed by atoms with Crippen molar-refractivity contribution in [1.82, 2.24) is 19.3 Å². The number of hydrogen-bond acceptors (Lipinski definition) is 6. The minimum absolute atomic E-state index is 0.317. The zero-order chi connectivity index (χ0) is 21.2. The van der Waals surface area contributed by atoms with Crippen LogP contribution < -0.4 is 4.90 Å². The van der Waals surface area contributed by atoms with Crippen LogP contribution in [0.4, 0.5) is 5.69 Å². The van der Waals surface area contributed by atoms with Crippen molar-refractivity contribution in [2.45, 2.75) is 13.5 Å². The molecule has 4 heterocycles. The van der Waals surface area contributed by atoms with Crippen LogP contribution in [0.1, 0.15) is 23.0 Å². The van der Waals surface area contributed by atoms with Crippen molar-refractivity contribution < 1.29 is 9.53 Å². The molecule has 1 aliphatic heterocycles. The number of fused-ring (bicyclic) bond motifs is 2. The monoisotopic (exact) mass is 415 g/mol. The van der Waals surface area contributed by atoms with Crippen molar-refractivity contribution in [3.63, 3.8) is 0 Å². The van der Waals surface area contributed by atoms with Crippen molar-refractivity contribution in [3.8, 4) is 0 Å². The second-order valence-electron chi connectivity index (χ2n) is 7.72. The van der Waals surface area contributed by atoms with Gasteiger partial charge in [0.05, 0.1) is 23.5 Å². The van der Waals surface area contributed by atoms with Crippen molar-refractivity contribution in [2.24, 2.45) is 0 Å². The number of ether oxygens (including phenoxy) is 1. The van der Waals surface area contributed by atoms with Crippen LogP contribution in [-0.4, -0.2) is 58.0 Å². The van der Waals surface area contributed by atoms with Gasteiger partial charge in [-0.2, -0.15) is 0 Å². The fourth-order valence-corrected chi connectivity index (χ4v) is 4.25. The third-order valence-electron chi connectivity index (χ3n) is 5.73. The number of para-hydroxylation sites is 1. The standard InChI is InChI=1S/C24H25N5O2/c1-2-31-24(30)20-15-25-21-8-4-3-7-19(21)23(20)28-13-11-27(12-14-28)16-18-17-29-10-6-5-9-22(29)26-18/h3-10,15,17H,2,11-14,16H2,1H3. The zero-order valence-electron chi connectivity index (χ0n) is 17.6. The van der Waals surface area contributed by atoms with Crippen LogP contribution >= 0.6 is 0 Å². The molecule has 3 aromatic heterocycles. The lowest BCUT2D eigenvalue weighted by atomic mass is 10.1. The van der Waals surface area contributed by atoms with E-state index < -0.39 is 0 Å². The Hall–Kier alpha value is -3.45. The number of anilines is 1. The molecule has 1 fully saturated rings. The van der Waals surface area contributed by atoms with Gasteiger partial charge in [-0.15, -0.1) is 0 Å². The number of rotatable bonds is 5. The summed E-state index contributed by atoms with van der Waals surface area (Å²) in [5, 5.41) is 0.988. The van der Waals surface area contributed by atoms with E-state index in [0.29, 0.717) is 12.2 Å². The summed E-state index contributed by atoms with van der Waals surface area (Å²) in [7, 11) is 0. The molecule has 0 bridgehead atoms. The number of piperazine rings is 1. The maximum Gasteiger partial charge on any atom is 0.341 e. The van der Waals surface area contributed by atoms with Gasteiger partial charge in [0.1, 0.15) is 11.2 Å². The number of aromatic nitrogens is 3. The lowest BCUT2D eigenvalue weighted by molar-refractivity contribution is 0.0526. The fourth-order valence-electron chi connectivity index (χ4n) is 4.25. The molecule has 31 heavy (non-hydrogen) atoms. The van der Waals surface area contributed by atoms with Gasteiger partial charge in [0.2, 0.25) is 0 Å². The number of hydrogen-bond donors (Lipinski definition) is 0. The third-order valence-corrected chi connectivity index (χ3v) is 5.73. The fraction of sp³-hybridized carbons (Fsp3) is 0.292. The van der Waals surface area contributed by atoms with E-state index in [0.717, 1.165) is 60.7 Å². The highest BCUT2D eigenvalue weighted by atomic mass is 16.5. The van der Waals surface area contributed by atoms with Gasteiger partial charge in [-0.25, -0.2) is 9.78 Å². The first-order chi connectivity index (χ1) is 15.2. The minimum atomic E-state index is -0.317. The number of carbonyl (C=O) groups is 1. The maximum atomic E-state index is 12.6. The largest absolute Gasteiger partial charge is 0.462 e. The van der Waals surface area contributed by atoms with Crippen LogP contribution in [0.5, 0.6) is 0 Å². The smallest absolute Gasteiger partial charge is 0.341 e. The Balaban J connectivity index is 1.37. The second kappa shape index (κ2) is 8.35. The Morgan fingerprint density at radius 1 is 1.06 bits per heavy atom. The molecule has 0 N–H and O–H groups in total. The van der Waals surface area contributed by atoms with Gasteiger partial charge < -0.3 is 14.0 Å². The van der Waals surface area contributed by atoms with Crippen LogP contribution in [0.15, 0.2) is 61.1 Å². The Morgan fingerprint density at radius 3 is 2.68 bits per heavy atom. The first-order valence-electron chi connectivity index (χ1n) is 10.7. The molecule has 1 saturated heterocycles. The van der Waals surface area contributed by atoms with Crippen LogP contribution in [0.25, 0.3) is 16.6 Å². The predicted molar refractivity (Wildman–Crippen MR) is 120 cm³/mol. The van der Waals surface area contributed by atoms with E-state index in [2.05, 4.69) is 25.4 Å². The zero-order valence-corrected chi connectivity index (χ0v) is 17.6. The highest BCUT2D eigenvalue weighted by molar-refractivity contribution is 6.05. The molecular weight excluding hydrogens is 390 g/mol. The molecule has 1 aliphatic rings. The van der Waals surface area contributed by atoms with E-state index >= 15 is 0 Å².